The van der Waals surface area contributed by atoms with Gasteiger partial charge in [0.2, 0.25) is 5.91 Å². The largest absolute Gasteiger partial charge is 0.480 e. The van der Waals surface area contributed by atoms with Gasteiger partial charge >= 0.3 is 5.97 Å². The Morgan fingerprint density at radius 2 is 1.81 bits per heavy atom. The number of hydrogen-bond donors (Lipinski definition) is 2. The van der Waals surface area contributed by atoms with Crippen molar-refractivity contribution in [2.24, 2.45) is 0 Å². The van der Waals surface area contributed by atoms with Crippen molar-refractivity contribution < 1.29 is 14.7 Å². The lowest BCUT2D eigenvalue weighted by atomic mass is 10.2. The predicted molar refractivity (Wildman–Crippen MR) is 79.2 cm³/mol. The Kier molecular flexibility index (Phi) is 5.96. The van der Waals surface area contributed by atoms with Crippen LogP contribution < -0.4 is 5.32 Å². The maximum atomic E-state index is 12.3. The first-order valence-electron chi connectivity index (χ1n) is 7.75. The molecule has 7 nitrogen and oxygen atoms in total. The maximum Gasteiger partial charge on any atom is 0.320 e. The molecule has 120 valence electrons. The molecule has 2 fully saturated rings. The molecular weight excluding hydrogens is 272 g/mol. The van der Waals surface area contributed by atoms with Crippen LogP contribution in [0.3, 0.4) is 0 Å². The van der Waals surface area contributed by atoms with Gasteiger partial charge in [-0.3, -0.25) is 19.4 Å². The van der Waals surface area contributed by atoms with Crippen molar-refractivity contribution in [1.29, 1.82) is 0 Å². The van der Waals surface area contributed by atoms with E-state index in [2.05, 4.69) is 10.2 Å². The van der Waals surface area contributed by atoms with Crippen LogP contribution in [0, 0.1) is 0 Å². The smallest absolute Gasteiger partial charge is 0.320 e. The first kappa shape index (κ1) is 16.2. The fraction of sp³-hybridized carbons (Fsp3) is 0.857. The number of carbonyl (C=O) groups is 2. The van der Waals surface area contributed by atoms with Gasteiger partial charge in [-0.05, 0) is 26.4 Å². The Bertz CT molecular complexity index is 361. The van der Waals surface area contributed by atoms with Gasteiger partial charge in [-0.2, -0.15) is 0 Å². The van der Waals surface area contributed by atoms with E-state index >= 15 is 0 Å². The Morgan fingerprint density at radius 1 is 1.10 bits per heavy atom. The molecule has 0 aliphatic carbocycles. The van der Waals surface area contributed by atoms with Crippen LogP contribution in [0.15, 0.2) is 0 Å². The molecule has 0 aromatic heterocycles. The number of rotatable bonds is 4. The quantitative estimate of drug-likeness (QED) is 0.686. The maximum absolute atomic E-state index is 12.3. The summed E-state index contributed by atoms with van der Waals surface area (Å²) in [4.78, 5) is 29.3. The van der Waals surface area contributed by atoms with Crippen LogP contribution >= 0.6 is 0 Å². The molecule has 0 saturated carbocycles. The van der Waals surface area contributed by atoms with E-state index in [-0.39, 0.29) is 5.91 Å². The van der Waals surface area contributed by atoms with Crippen molar-refractivity contribution in [3.63, 3.8) is 0 Å². The van der Waals surface area contributed by atoms with Crippen LogP contribution in [0.1, 0.15) is 13.3 Å². The van der Waals surface area contributed by atoms with Crippen molar-refractivity contribution >= 4 is 11.9 Å². The minimum absolute atomic E-state index is 0.166. The second-order valence-electron chi connectivity index (χ2n) is 5.81. The van der Waals surface area contributed by atoms with E-state index in [1.54, 1.807) is 6.92 Å². The van der Waals surface area contributed by atoms with Gasteiger partial charge in [-0.1, -0.05) is 0 Å². The molecule has 0 aromatic carbocycles. The van der Waals surface area contributed by atoms with Gasteiger partial charge in [0.15, 0.2) is 0 Å². The Labute approximate surface area is 125 Å². The average Bonchev–Trinajstić information content (AvgIpc) is 2.75. The minimum atomic E-state index is -0.799. The molecule has 2 N–H and O–H groups in total. The molecule has 0 aromatic rings. The number of carbonyl (C=O) groups excluding carboxylic acids is 1. The van der Waals surface area contributed by atoms with Gasteiger partial charge in [0.05, 0.1) is 6.54 Å². The lowest BCUT2D eigenvalue weighted by molar-refractivity contribution is -0.144. The molecule has 2 heterocycles. The molecular formula is C14H26N4O3. The second kappa shape index (κ2) is 7.72. The van der Waals surface area contributed by atoms with Crippen molar-refractivity contribution in [2.75, 3.05) is 58.9 Å². The molecule has 2 rings (SSSR count). The van der Waals surface area contributed by atoms with Crippen molar-refractivity contribution in [2.45, 2.75) is 19.4 Å². The molecule has 7 heteroatoms. The third kappa shape index (κ3) is 4.66. The highest BCUT2D eigenvalue weighted by Gasteiger charge is 2.27. The number of hydrogen-bond acceptors (Lipinski definition) is 5. The molecule has 1 amide bonds. The molecule has 1 unspecified atom stereocenters. The van der Waals surface area contributed by atoms with E-state index < -0.39 is 12.0 Å². The van der Waals surface area contributed by atoms with Gasteiger partial charge in [-0.15, -0.1) is 0 Å². The summed E-state index contributed by atoms with van der Waals surface area (Å²) in [6.45, 7) is 8.57. The molecule has 21 heavy (non-hydrogen) atoms. The summed E-state index contributed by atoms with van der Waals surface area (Å²) in [6, 6.07) is -0.473. The van der Waals surface area contributed by atoms with Gasteiger partial charge in [0.25, 0.3) is 0 Å². The summed E-state index contributed by atoms with van der Waals surface area (Å²) >= 11 is 0. The van der Waals surface area contributed by atoms with E-state index in [4.69, 9.17) is 5.11 Å². The highest BCUT2D eigenvalue weighted by Crippen LogP contribution is 2.08. The van der Waals surface area contributed by atoms with Crippen molar-refractivity contribution in [3.8, 4) is 0 Å². The molecule has 2 aliphatic heterocycles. The van der Waals surface area contributed by atoms with Gasteiger partial charge in [0, 0.05) is 39.3 Å². The molecule has 2 aliphatic rings. The standard InChI is InChI=1S/C14H26N4O3/c1-12(14(20)21)17-7-9-18(10-8-17)13(19)11-16-5-2-3-15-4-6-16/h12,15H,2-11H2,1H3,(H,20,21). The highest BCUT2D eigenvalue weighted by atomic mass is 16.4. The number of aliphatic carboxylic acids is 1. The normalized spacial score (nSPS) is 23.6. The monoisotopic (exact) mass is 298 g/mol. The van der Waals surface area contributed by atoms with E-state index in [9.17, 15) is 9.59 Å². The van der Waals surface area contributed by atoms with E-state index in [0.29, 0.717) is 32.7 Å². The molecule has 0 spiro atoms. The first-order chi connectivity index (χ1) is 10.1. The average molecular weight is 298 g/mol. The Balaban J connectivity index is 1.76. The summed E-state index contributed by atoms with van der Waals surface area (Å²) < 4.78 is 0. The lowest BCUT2D eigenvalue weighted by Gasteiger charge is -2.37. The summed E-state index contributed by atoms with van der Waals surface area (Å²) in [5, 5.41) is 12.3. The highest BCUT2D eigenvalue weighted by molar-refractivity contribution is 5.78. The third-order valence-corrected chi connectivity index (χ3v) is 4.36. The summed E-state index contributed by atoms with van der Waals surface area (Å²) in [5.41, 5.74) is 0. The van der Waals surface area contributed by atoms with Crippen LogP contribution in [0.2, 0.25) is 0 Å². The second-order valence-corrected chi connectivity index (χ2v) is 5.81. The Morgan fingerprint density at radius 3 is 2.48 bits per heavy atom. The molecule has 2 saturated heterocycles. The van der Waals surface area contributed by atoms with Crippen molar-refractivity contribution in [1.82, 2.24) is 20.0 Å². The van der Waals surface area contributed by atoms with E-state index in [1.807, 2.05) is 9.80 Å². The molecule has 0 radical (unpaired) electrons. The van der Waals surface area contributed by atoms with Gasteiger partial charge in [-0.25, -0.2) is 0 Å². The first-order valence-corrected chi connectivity index (χ1v) is 7.75. The van der Waals surface area contributed by atoms with Crippen LogP contribution in [0.5, 0.6) is 0 Å². The van der Waals surface area contributed by atoms with Gasteiger partial charge in [0.1, 0.15) is 6.04 Å². The fourth-order valence-electron chi connectivity index (χ4n) is 2.87. The number of carboxylic acid groups (broad SMARTS) is 1. The molecule has 1 atom stereocenters. The van der Waals surface area contributed by atoms with Crippen LogP contribution in [-0.2, 0) is 9.59 Å². The van der Waals surface area contributed by atoms with Crippen LogP contribution in [0.25, 0.3) is 0 Å². The van der Waals surface area contributed by atoms with E-state index in [1.165, 1.54) is 0 Å². The molecule has 0 bridgehead atoms. The Hall–Kier alpha value is -1.18. The fourth-order valence-corrected chi connectivity index (χ4v) is 2.87. The number of nitrogens with one attached hydrogen (secondary N) is 1. The van der Waals surface area contributed by atoms with Crippen LogP contribution in [0.4, 0.5) is 0 Å². The number of carboxylic acids is 1. The number of piperazine rings is 1. The van der Waals surface area contributed by atoms with E-state index in [0.717, 1.165) is 32.6 Å². The predicted octanol–water partition coefficient (Wildman–Crippen LogP) is -1.10. The summed E-state index contributed by atoms with van der Waals surface area (Å²) in [7, 11) is 0. The SMILES string of the molecule is CC(C(=O)O)N1CCN(C(=O)CN2CCCNCC2)CC1. The third-order valence-electron chi connectivity index (χ3n) is 4.36. The summed E-state index contributed by atoms with van der Waals surface area (Å²) in [5.74, 6) is -0.633. The number of amides is 1. The van der Waals surface area contributed by atoms with Crippen LogP contribution in [-0.4, -0.2) is 96.6 Å². The zero-order valence-corrected chi connectivity index (χ0v) is 12.8. The zero-order chi connectivity index (χ0) is 15.2. The summed E-state index contributed by atoms with van der Waals surface area (Å²) in [6.07, 6.45) is 1.08. The minimum Gasteiger partial charge on any atom is -0.480 e. The number of nitrogens with zero attached hydrogens (tertiary/aromatic N) is 3. The van der Waals surface area contributed by atoms with Gasteiger partial charge < -0.3 is 15.3 Å². The lowest BCUT2D eigenvalue weighted by Crippen LogP contribution is -2.54. The zero-order valence-electron chi connectivity index (χ0n) is 12.8. The topological polar surface area (TPSA) is 76.1 Å². The van der Waals surface area contributed by atoms with Crippen molar-refractivity contribution in [3.05, 3.63) is 0 Å².